The number of anilines is 1. The summed E-state index contributed by atoms with van der Waals surface area (Å²) in [7, 11) is 0. The highest BCUT2D eigenvalue weighted by Crippen LogP contribution is 2.21. The first-order valence-corrected chi connectivity index (χ1v) is 4.71. The van der Waals surface area contributed by atoms with Gasteiger partial charge in [-0.15, -0.1) is 0 Å². The predicted octanol–water partition coefficient (Wildman–Crippen LogP) is 2.18. The molecule has 6 heteroatoms. The van der Waals surface area contributed by atoms with Crippen LogP contribution in [0.4, 0.5) is 5.69 Å². The molecule has 1 rings (SSSR count). The van der Waals surface area contributed by atoms with Gasteiger partial charge >= 0.3 is 11.6 Å². The summed E-state index contributed by atoms with van der Waals surface area (Å²) in [4.78, 5) is 20.7. The zero-order valence-corrected chi connectivity index (χ0v) is 9.15. The molecule has 0 aliphatic heterocycles. The normalized spacial score (nSPS) is 9.40. The van der Waals surface area contributed by atoms with Gasteiger partial charge in [-0.25, -0.2) is 0 Å². The minimum atomic E-state index is -0.827. The number of hydrogen-bond donors (Lipinski definition) is 1. The lowest BCUT2D eigenvalue weighted by Crippen LogP contribution is -2.18. The Morgan fingerprint density at radius 2 is 2.07 bits per heavy atom. The summed E-state index contributed by atoms with van der Waals surface area (Å²) in [5.41, 5.74) is -0.226. The third kappa shape index (κ3) is 2.88. The lowest BCUT2D eigenvalue weighted by Gasteiger charge is -2.04. The molecule has 0 saturated carbocycles. The van der Waals surface area contributed by atoms with E-state index >= 15 is 0 Å². The Kier molecular flexibility index (Phi) is 3.56. The fraction of sp³-hybridized carbons (Fsp3) is 0. The van der Waals surface area contributed by atoms with Gasteiger partial charge in [0.15, 0.2) is 0 Å². The molecule has 0 saturated heterocycles. The van der Waals surface area contributed by atoms with Gasteiger partial charge < -0.3 is 5.32 Å². The Bertz CT molecular complexity index is 431. The van der Waals surface area contributed by atoms with E-state index in [0.29, 0.717) is 10.2 Å². The topological polar surface area (TPSA) is 72.2 Å². The molecule has 0 radical (unpaired) electrons. The van der Waals surface area contributed by atoms with Gasteiger partial charge in [0.05, 0.1) is 10.6 Å². The Morgan fingerprint density at radius 3 is 2.60 bits per heavy atom. The van der Waals surface area contributed by atoms with Crippen molar-refractivity contribution in [3.05, 3.63) is 51.1 Å². The summed E-state index contributed by atoms with van der Waals surface area (Å²) < 4.78 is 0.648. The molecule has 0 spiro atoms. The van der Waals surface area contributed by atoms with Gasteiger partial charge in [-0.3, -0.25) is 14.9 Å². The Morgan fingerprint density at radius 1 is 1.47 bits per heavy atom. The van der Waals surface area contributed by atoms with E-state index in [9.17, 15) is 14.9 Å². The smallest absolute Gasteiger partial charge is 0.316 e. The second-order valence-corrected chi connectivity index (χ2v) is 3.49. The zero-order chi connectivity index (χ0) is 11.4. The SMILES string of the molecule is C=C(C(=O)Nc1ccccc1Br)[N+](=O)[O-]. The highest BCUT2D eigenvalue weighted by molar-refractivity contribution is 9.10. The quantitative estimate of drug-likeness (QED) is 0.520. The van der Waals surface area contributed by atoms with E-state index in [-0.39, 0.29) is 0 Å². The fourth-order valence-electron chi connectivity index (χ4n) is 0.840. The van der Waals surface area contributed by atoms with E-state index in [2.05, 4.69) is 27.8 Å². The number of halogens is 1. The first-order valence-electron chi connectivity index (χ1n) is 3.91. The average molecular weight is 271 g/mol. The summed E-state index contributed by atoms with van der Waals surface area (Å²) in [6.07, 6.45) is 0. The number of rotatable bonds is 3. The van der Waals surface area contributed by atoms with Crippen LogP contribution in [-0.2, 0) is 4.79 Å². The number of nitro groups is 1. The van der Waals surface area contributed by atoms with Crippen molar-refractivity contribution < 1.29 is 9.72 Å². The van der Waals surface area contributed by atoms with Gasteiger partial charge in [-0.1, -0.05) is 12.1 Å². The van der Waals surface area contributed by atoms with Crippen LogP contribution >= 0.6 is 15.9 Å². The average Bonchev–Trinajstić information content (AvgIpc) is 2.20. The number of carbonyl (C=O) groups is 1. The van der Waals surface area contributed by atoms with Gasteiger partial charge in [-0.05, 0) is 34.6 Å². The molecule has 0 bridgehead atoms. The molecule has 1 aromatic carbocycles. The first kappa shape index (κ1) is 11.4. The molecule has 1 N–H and O–H groups in total. The van der Waals surface area contributed by atoms with Crippen molar-refractivity contribution in [2.75, 3.05) is 5.32 Å². The van der Waals surface area contributed by atoms with Crippen molar-refractivity contribution in [1.29, 1.82) is 0 Å². The molecule has 0 atom stereocenters. The van der Waals surface area contributed by atoms with Crippen molar-refractivity contribution >= 4 is 27.5 Å². The van der Waals surface area contributed by atoms with E-state index < -0.39 is 16.5 Å². The number of amides is 1. The monoisotopic (exact) mass is 270 g/mol. The molecule has 0 unspecified atom stereocenters. The standard InChI is InChI=1S/C9H7BrN2O3/c1-6(12(14)15)9(13)11-8-5-3-2-4-7(8)10/h2-5H,1H2,(H,11,13). The Balaban J connectivity index is 2.80. The first-order chi connectivity index (χ1) is 7.02. The van der Waals surface area contributed by atoms with Crippen LogP contribution in [-0.4, -0.2) is 10.8 Å². The van der Waals surface area contributed by atoms with Gasteiger partial charge in [0.2, 0.25) is 0 Å². The molecule has 1 amide bonds. The van der Waals surface area contributed by atoms with Gasteiger partial charge in [0.1, 0.15) is 0 Å². The zero-order valence-electron chi connectivity index (χ0n) is 7.57. The van der Waals surface area contributed by atoms with E-state index in [0.717, 1.165) is 0 Å². The summed E-state index contributed by atoms with van der Waals surface area (Å²) in [5.74, 6) is -0.827. The second-order valence-electron chi connectivity index (χ2n) is 2.64. The molecule has 0 heterocycles. The second kappa shape index (κ2) is 4.70. The number of carbonyl (C=O) groups excluding carboxylic acids is 1. The van der Waals surface area contributed by atoms with Crippen LogP contribution in [0.15, 0.2) is 41.0 Å². The van der Waals surface area contributed by atoms with Gasteiger partial charge in [-0.2, -0.15) is 0 Å². The van der Waals surface area contributed by atoms with Crippen molar-refractivity contribution in [2.45, 2.75) is 0 Å². The van der Waals surface area contributed by atoms with Gasteiger partial charge in [0.25, 0.3) is 0 Å². The lowest BCUT2D eigenvalue weighted by molar-refractivity contribution is -0.417. The maximum Gasteiger partial charge on any atom is 0.326 e. The summed E-state index contributed by atoms with van der Waals surface area (Å²) in [6.45, 7) is 3.05. The van der Waals surface area contributed by atoms with Crippen molar-refractivity contribution in [3.8, 4) is 0 Å². The molecule has 0 fully saturated rings. The summed E-state index contributed by atoms with van der Waals surface area (Å²) >= 11 is 3.20. The molecule has 0 aliphatic carbocycles. The number of nitrogens with one attached hydrogen (secondary N) is 1. The molecule has 0 aromatic heterocycles. The predicted molar refractivity (Wildman–Crippen MR) is 58.9 cm³/mol. The van der Waals surface area contributed by atoms with E-state index in [4.69, 9.17) is 0 Å². The molecule has 5 nitrogen and oxygen atoms in total. The van der Waals surface area contributed by atoms with E-state index in [1.54, 1.807) is 24.3 Å². The molecule has 0 aliphatic rings. The third-order valence-electron chi connectivity index (χ3n) is 1.60. The fourth-order valence-corrected chi connectivity index (χ4v) is 1.22. The number of nitrogens with zero attached hydrogens (tertiary/aromatic N) is 1. The molecular formula is C9H7BrN2O3. The van der Waals surface area contributed by atoms with E-state index in [1.165, 1.54) is 0 Å². The highest BCUT2D eigenvalue weighted by Gasteiger charge is 2.18. The van der Waals surface area contributed by atoms with Crippen LogP contribution < -0.4 is 5.32 Å². The van der Waals surface area contributed by atoms with Crippen molar-refractivity contribution in [2.24, 2.45) is 0 Å². The minimum absolute atomic E-state index is 0.463. The van der Waals surface area contributed by atoms with Crippen LogP contribution in [0.3, 0.4) is 0 Å². The Labute approximate surface area is 94.1 Å². The minimum Gasteiger partial charge on any atom is -0.316 e. The van der Waals surface area contributed by atoms with Crippen LogP contribution in [0, 0.1) is 10.1 Å². The van der Waals surface area contributed by atoms with Gasteiger partial charge in [0, 0.05) is 4.47 Å². The molecule has 78 valence electrons. The highest BCUT2D eigenvalue weighted by atomic mass is 79.9. The van der Waals surface area contributed by atoms with Crippen molar-refractivity contribution in [3.63, 3.8) is 0 Å². The molecule has 15 heavy (non-hydrogen) atoms. The van der Waals surface area contributed by atoms with Crippen molar-refractivity contribution in [1.82, 2.24) is 0 Å². The molecule has 1 aromatic rings. The Hall–Kier alpha value is -1.69. The largest absolute Gasteiger partial charge is 0.326 e. The van der Waals surface area contributed by atoms with Crippen LogP contribution in [0.25, 0.3) is 0 Å². The van der Waals surface area contributed by atoms with Crippen LogP contribution in [0.5, 0.6) is 0 Å². The van der Waals surface area contributed by atoms with E-state index in [1.807, 2.05) is 0 Å². The van der Waals surface area contributed by atoms with Crippen LogP contribution in [0.2, 0.25) is 0 Å². The number of hydrogen-bond acceptors (Lipinski definition) is 3. The summed E-state index contributed by atoms with van der Waals surface area (Å²) in [6, 6.07) is 6.80. The maximum atomic E-state index is 11.2. The number of para-hydroxylation sites is 1. The van der Waals surface area contributed by atoms with Crippen LogP contribution in [0.1, 0.15) is 0 Å². The molecular weight excluding hydrogens is 264 g/mol. The number of benzene rings is 1. The third-order valence-corrected chi connectivity index (χ3v) is 2.30. The summed E-state index contributed by atoms with van der Waals surface area (Å²) in [5, 5.41) is 12.6. The maximum absolute atomic E-state index is 11.2. The lowest BCUT2D eigenvalue weighted by atomic mass is 10.3.